The van der Waals surface area contributed by atoms with Crippen LogP contribution in [0.25, 0.3) is 0 Å². The normalized spacial score (nSPS) is 9.71. The number of hydrogen-bond donors (Lipinski definition) is 0. The molecule has 0 spiro atoms. The van der Waals surface area contributed by atoms with Crippen molar-refractivity contribution in [2.75, 3.05) is 28.4 Å². The monoisotopic (exact) mass is 296 g/mol. The summed E-state index contributed by atoms with van der Waals surface area (Å²) in [6.45, 7) is 0. The first-order valence-corrected chi connectivity index (χ1v) is 5.67. The molecular formula is C13H14NO7. The fourth-order valence-electron chi connectivity index (χ4n) is 1.59. The number of benzene rings is 1. The van der Waals surface area contributed by atoms with E-state index >= 15 is 0 Å². The van der Waals surface area contributed by atoms with Gasteiger partial charge in [0.05, 0.1) is 45.1 Å². The molecule has 8 nitrogen and oxygen atoms in total. The smallest absolute Gasteiger partial charge is 0.340 e. The van der Waals surface area contributed by atoms with Crippen LogP contribution in [0.5, 0.6) is 0 Å². The molecule has 113 valence electrons. The van der Waals surface area contributed by atoms with Gasteiger partial charge < -0.3 is 14.2 Å². The Balaban J connectivity index is 3.60. The van der Waals surface area contributed by atoms with Crippen LogP contribution in [0.15, 0.2) is 12.1 Å². The first-order valence-electron chi connectivity index (χ1n) is 5.67. The molecule has 0 unspecified atom stereocenters. The highest BCUT2D eigenvalue weighted by Crippen LogP contribution is 2.26. The van der Waals surface area contributed by atoms with Crippen LogP contribution in [0, 0.1) is 0 Å². The predicted molar refractivity (Wildman–Crippen MR) is 69.3 cm³/mol. The van der Waals surface area contributed by atoms with Crippen LogP contribution in [-0.2, 0) is 19.0 Å². The number of esters is 3. The van der Waals surface area contributed by atoms with Crippen LogP contribution in [0.2, 0.25) is 0 Å². The Morgan fingerprint density at radius 2 is 1.24 bits per heavy atom. The van der Waals surface area contributed by atoms with Gasteiger partial charge in [-0.1, -0.05) is 0 Å². The van der Waals surface area contributed by atoms with Crippen molar-refractivity contribution >= 4 is 23.6 Å². The third kappa shape index (κ3) is 3.48. The van der Waals surface area contributed by atoms with E-state index in [1.165, 1.54) is 26.4 Å². The van der Waals surface area contributed by atoms with E-state index in [0.29, 0.717) is 0 Å². The van der Waals surface area contributed by atoms with Crippen molar-refractivity contribution < 1.29 is 33.4 Å². The van der Waals surface area contributed by atoms with Crippen LogP contribution in [0.1, 0.15) is 31.1 Å². The van der Waals surface area contributed by atoms with Gasteiger partial charge in [0.15, 0.2) is 0 Å². The van der Waals surface area contributed by atoms with Gasteiger partial charge in [0, 0.05) is 0 Å². The van der Waals surface area contributed by atoms with E-state index in [-0.39, 0.29) is 22.4 Å². The number of carbonyl (C=O) groups excluding carboxylic acids is 3. The highest BCUT2D eigenvalue weighted by molar-refractivity contribution is 6.06. The molecule has 0 bridgehead atoms. The molecule has 1 rings (SSSR count). The van der Waals surface area contributed by atoms with E-state index in [9.17, 15) is 14.4 Å². The number of ether oxygens (including phenoxy) is 3. The number of carbonyl (C=O) groups is 3. The molecule has 0 N–H and O–H groups in total. The Morgan fingerprint density at radius 1 is 0.810 bits per heavy atom. The fourth-order valence-corrected chi connectivity index (χ4v) is 1.59. The molecule has 1 aromatic rings. The van der Waals surface area contributed by atoms with Gasteiger partial charge in [-0.05, 0) is 12.1 Å². The largest absolute Gasteiger partial charge is 0.465 e. The first-order chi connectivity index (χ1) is 9.99. The summed E-state index contributed by atoms with van der Waals surface area (Å²) in [6.07, 6.45) is 0. The van der Waals surface area contributed by atoms with Gasteiger partial charge in [0.2, 0.25) is 0 Å². The maximum atomic E-state index is 11.8. The van der Waals surface area contributed by atoms with Crippen molar-refractivity contribution in [1.29, 1.82) is 0 Å². The van der Waals surface area contributed by atoms with E-state index in [4.69, 9.17) is 0 Å². The Hall–Kier alpha value is -2.61. The van der Waals surface area contributed by atoms with Crippen LogP contribution in [0.4, 0.5) is 5.69 Å². The second kappa shape index (κ2) is 7.25. The average molecular weight is 296 g/mol. The SMILES string of the molecule is CO[N]c1c(C(=O)OC)cc(C(=O)OC)cc1C(=O)OC. The van der Waals surface area contributed by atoms with Gasteiger partial charge in [-0.15, -0.1) is 5.48 Å². The second-order valence-corrected chi connectivity index (χ2v) is 3.67. The Kier molecular flexibility index (Phi) is 5.67. The summed E-state index contributed by atoms with van der Waals surface area (Å²) in [5.74, 6) is -2.31. The van der Waals surface area contributed by atoms with E-state index in [2.05, 4.69) is 24.5 Å². The summed E-state index contributed by atoms with van der Waals surface area (Å²) in [6, 6.07) is 2.39. The minimum absolute atomic E-state index is 0.0200. The maximum absolute atomic E-state index is 11.8. The lowest BCUT2D eigenvalue weighted by atomic mass is 10.0. The Bertz CT molecular complexity index is 531. The molecular weight excluding hydrogens is 282 g/mol. The zero-order valence-corrected chi connectivity index (χ0v) is 12.0. The summed E-state index contributed by atoms with van der Waals surface area (Å²) in [5, 5.41) is 0. The molecule has 0 aliphatic carbocycles. The zero-order valence-electron chi connectivity index (χ0n) is 12.0. The quantitative estimate of drug-likeness (QED) is 0.450. The minimum Gasteiger partial charge on any atom is -0.465 e. The molecule has 0 fully saturated rings. The summed E-state index contributed by atoms with van der Waals surface area (Å²) in [5.41, 5.74) is 3.26. The van der Waals surface area contributed by atoms with Crippen molar-refractivity contribution in [3.63, 3.8) is 0 Å². The minimum atomic E-state index is -0.790. The standard InChI is InChI=1S/C13H14NO7/c1-18-11(15)7-5-8(12(16)19-2)10(14-21-4)9(6-7)13(17)20-3/h5-6H,1-4H3. The molecule has 1 aromatic carbocycles. The molecule has 1 radical (unpaired) electrons. The van der Waals surface area contributed by atoms with E-state index in [1.54, 1.807) is 0 Å². The number of rotatable bonds is 5. The Labute approximate surface area is 120 Å². The maximum Gasteiger partial charge on any atom is 0.340 e. The van der Waals surface area contributed by atoms with Crippen LogP contribution in [0.3, 0.4) is 0 Å². The van der Waals surface area contributed by atoms with Gasteiger partial charge in [-0.2, -0.15) is 0 Å². The lowest BCUT2D eigenvalue weighted by Gasteiger charge is -2.12. The molecule has 21 heavy (non-hydrogen) atoms. The van der Waals surface area contributed by atoms with Crippen LogP contribution < -0.4 is 5.48 Å². The highest BCUT2D eigenvalue weighted by Gasteiger charge is 2.25. The third-order valence-electron chi connectivity index (χ3n) is 2.52. The first kappa shape index (κ1) is 16.4. The summed E-state index contributed by atoms with van der Waals surface area (Å²) in [7, 11) is 4.73. The molecule has 0 saturated heterocycles. The van der Waals surface area contributed by atoms with Gasteiger partial charge in [-0.25, -0.2) is 14.4 Å². The van der Waals surface area contributed by atoms with Gasteiger partial charge in [0.1, 0.15) is 5.69 Å². The van der Waals surface area contributed by atoms with Crippen molar-refractivity contribution in [2.45, 2.75) is 0 Å². The lowest BCUT2D eigenvalue weighted by molar-refractivity contribution is 0.0586. The second-order valence-electron chi connectivity index (χ2n) is 3.67. The summed E-state index contributed by atoms with van der Waals surface area (Å²) in [4.78, 5) is 39.8. The van der Waals surface area contributed by atoms with Crippen molar-refractivity contribution in [2.24, 2.45) is 0 Å². The lowest BCUT2D eigenvalue weighted by Crippen LogP contribution is -2.16. The average Bonchev–Trinajstić information content (AvgIpc) is 2.52. The predicted octanol–water partition coefficient (Wildman–Crippen LogP) is 0.844. The highest BCUT2D eigenvalue weighted by atomic mass is 16.6. The zero-order chi connectivity index (χ0) is 16.0. The fraction of sp³-hybridized carbons (Fsp3) is 0.308. The molecule has 0 atom stereocenters. The molecule has 0 aliphatic rings. The van der Waals surface area contributed by atoms with E-state index in [0.717, 1.165) is 14.2 Å². The topological polar surface area (TPSA) is 102 Å². The molecule has 0 saturated carbocycles. The van der Waals surface area contributed by atoms with Gasteiger partial charge in [-0.3, -0.25) is 4.84 Å². The van der Waals surface area contributed by atoms with Gasteiger partial charge >= 0.3 is 17.9 Å². The van der Waals surface area contributed by atoms with Crippen LogP contribution in [-0.4, -0.2) is 46.3 Å². The summed E-state index contributed by atoms with van der Waals surface area (Å²) >= 11 is 0. The van der Waals surface area contributed by atoms with E-state index < -0.39 is 17.9 Å². The molecule has 0 amide bonds. The summed E-state index contributed by atoms with van der Waals surface area (Å²) < 4.78 is 13.8. The Morgan fingerprint density at radius 3 is 1.57 bits per heavy atom. The molecule has 0 aliphatic heterocycles. The molecule has 0 heterocycles. The number of methoxy groups -OCH3 is 3. The number of nitrogens with zero attached hydrogens (tertiary/aromatic N) is 1. The van der Waals surface area contributed by atoms with E-state index in [1.807, 2.05) is 0 Å². The third-order valence-corrected chi connectivity index (χ3v) is 2.52. The van der Waals surface area contributed by atoms with Crippen molar-refractivity contribution in [1.82, 2.24) is 5.48 Å². The van der Waals surface area contributed by atoms with Gasteiger partial charge in [0.25, 0.3) is 0 Å². The molecule has 0 aromatic heterocycles. The van der Waals surface area contributed by atoms with Crippen molar-refractivity contribution in [3.05, 3.63) is 28.8 Å². The van der Waals surface area contributed by atoms with Crippen LogP contribution >= 0.6 is 0 Å². The molecule has 8 heteroatoms. The van der Waals surface area contributed by atoms with Crippen molar-refractivity contribution in [3.8, 4) is 0 Å². The number of hydrogen-bond acceptors (Lipinski definition) is 7.